The highest BCUT2D eigenvalue weighted by atomic mass is 14.6. The lowest BCUT2D eigenvalue weighted by Gasteiger charge is -2.06. The van der Waals surface area contributed by atoms with Crippen molar-refractivity contribution in [1.29, 1.82) is 0 Å². The first-order chi connectivity index (χ1) is 7.27. The first kappa shape index (κ1) is 12.0. The Morgan fingerprint density at radius 1 is 1.27 bits per heavy atom. The second kappa shape index (κ2) is 6.39. The second-order valence-electron chi connectivity index (χ2n) is 4.02. The number of hydrogen-bond acceptors (Lipinski definition) is 1. The highest BCUT2D eigenvalue weighted by Gasteiger charge is 2.00. The predicted molar refractivity (Wildman–Crippen MR) is 66.8 cm³/mol. The standard InChI is InChI=1S/C14H21N/c1-4-6-8-13(7-5-2)14-9-12(3)10-15-11-14/h8-11H,4-7H2,1-3H3/b13-8+. The minimum Gasteiger partial charge on any atom is -0.264 e. The summed E-state index contributed by atoms with van der Waals surface area (Å²) >= 11 is 0. The molecule has 1 rings (SSSR count). The second-order valence-corrected chi connectivity index (χ2v) is 4.02. The quantitative estimate of drug-likeness (QED) is 0.692. The number of hydrogen-bond donors (Lipinski definition) is 0. The van der Waals surface area contributed by atoms with E-state index in [0.717, 1.165) is 6.42 Å². The normalized spacial score (nSPS) is 11.8. The molecule has 0 N–H and O–H groups in total. The van der Waals surface area contributed by atoms with Crippen molar-refractivity contribution in [3.8, 4) is 0 Å². The van der Waals surface area contributed by atoms with E-state index in [0.29, 0.717) is 0 Å². The fraction of sp³-hybridized carbons (Fsp3) is 0.500. The van der Waals surface area contributed by atoms with Crippen molar-refractivity contribution >= 4 is 5.57 Å². The van der Waals surface area contributed by atoms with Gasteiger partial charge in [0.15, 0.2) is 0 Å². The molecule has 0 saturated carbocycles. The van der Waals surface area contributed by atoms with Gasteiger partial charge in [-0.3, -0.25) is 4.98 Å². The lowest BCUT2D eigenvalue weighted by molar-refractivity contribution is 0.932. The van der Waals surface area contributed by atoms with Gasteiger partial charge in [0.1, 0.15) is 0 Å². The van der Waals surface area contributed by atoms with Gasteiger partial charge >= 0.3 is 0 Å². The number of aromatic nitrogens is 1. The molecular formula is C14H21N. The molecule has 0 spiro atoms. The molecule has 0 bridgehead atoms. The lowest BCUT2D eigenvalue weighted by Crippen LogP contribution is -1.88. The third kappa shape index (κ3) is 3.86. The summed E-state index contributed by atoms with van der Waals surface area (Å²) in [5.41, 5.74) is 3.99. The molecule has 15 heavy (non-hydrogen) atoms. The van der Waals surface area contributed by atoms with Crippen LogP contribution in [0.4, 0.5) is 0 Å². The highest BCUT2D eigenvalue weighted by molar-refractivity contribution is 5.65. The molecule has 1 aromatic rings. The van der Waals surface area contributed by atoms with Crippen LogP contribution in [0.5, 0.6) is 0 Å². The van der Waals surface area contributed by atoms with E-state index in [9.17, 15) is 0 Å². The van der Waals surface area contributed by atoms with Gasteiger partial charge < -0.3 is 0 Å². The van der Waals surface area contributed by atoms with Crippen LogP contribution in [0, 0.1) is 6.92 Å². The van der Waals surface area contributed by atoms with Crippen LogP contribution < -0.4 is 0 Å². The van der Waals surface area contributed by atoms with Gasteiger partial charge in [0.2, 0.25) is 0 Å². The average molecular weight is 203 g/mol. The van der Waals surface area contributed by atoms with Crippen LogP contribution in [0.15, 0.2) is 24.5 Å². The molecule has 0 aliphatic rings. The van der Waals surface area contributed by atoms with Crippen molar-refractivity contribution in [2.75, 3.05) is 0 Å². The van der Waals surface area contributed by atoms with Crippen LogP contribution in [-0.2, 0) is 0 Å². The molecule has 0 amide bonds. The number of nitrogens with zero attached hydrogens (tertiary/aromatic N) is 1. The van der Waals surface area contributed by atoms with Crippen LogP contribution in [0.2, 0.25) is 0 Å². The minimum atomic E-state index is 1.16. The molecule has 0 fully saturated rings. The monoisotopic (exact) mass is 203 g/mol. The van der Waals surface area contributed by atoms with Gasteiger partial charge in [0.25, 0.3) is 0 Å². The molecule has 82 valence electrons. The Bertz CT molecular complexity index is 326. The summed E-state index contributed by atoms with van der Waals surface area (Å²) in [7, 11) is 0. The Kier molecular flexibility index (Phi) is 5.09. The van der Waals surface area contributed by atoms with Gasteiger partial charge in [0, 0.05) is 12.4 Å². The molecule has 1 nitrogen and oxygen atoms in total. The minimum absolute atomic E-state index is 1.16. The third-order valence-corrected chi connectivity index (χ3v) is 2.44. The average Bonchev–Trinajstić information content (AvgIpc) is 2.24. The molecular weight excluding hydrogens is 182 g/mol. The van der Waals surface area contributed by atoms with Gasteiger partial charge in [0.05, 0.1) is 0 Å². The van der Waals surface area contributed by atoms with Crippen LogP contribution in [-0.4, -0.2) is 4.98 Å². The molecule has 0 aliphatic heterocycles. The molecule has 0 radical (unpaired) electrons. The van der Waals surface area contributed by atoms with Gasteiger partial charge in [-0.1, -0.05) is 32.8 Å². The summed E-state index contributed by atoms with van der Waals surface area (Å²) in [6.45, 7) is 6.54. The SMILES string of the molecule is CCC/C=C(\CCC)c1cncc(C)c1. The smallest absolute Gasteiger partial charge is 0.0343 e. The maximum absolute atomic E-state index is 4.25. The first-order valence-electron chi connectivity index (χ1n) is 5.89. The van der Waals surface area contributed by atoms with Crippen molar-refractivity contribution < 1.29 is 0 Å². The Morgan fingerprint density at radius 3 is 2.67 bits per heavy atom. The maximum atomic E-state index is 4.25. The van der Waals surface area contributed by atoms with Crippen LogP contribution >= 0.6 is 0 Å². The summed E-state index contributed by atoms with van der Waals surface area (Å²) in [5.74, 6) is 0. The highest BCUT2D eigenvalue weighted by Crippen LogP contribution is 2.20. The fourth-order valence-corrected chi connectivity index (χ4v) is 1.68. The van der Waals surface area contributed by atoms with Gasteiger partial charge in [-0.05, 0) is 42.5 Å². The van der Waals surface area contributed by atoms with Gasteiger partial charge in [-0.25, -0.2) is 0 Å². The molecule has 1 heterocycles. The number of rotatable bonds is 5. The Balaban J connectivity index is 2.88. The molecule has 0 aromatic carbocycles. The third-order valence-electron chi connectivity index (χ3n) is 2.44. The molecule has 0 saturated heterocycles. The Labute approximate surface area is 93.2 Å². The number of allylic oxidation sites excluding steroid dienone is 2. The van der Waals surface area contributed by atoms with E-state index in [-0.39, 0.29) is 0 Å². The Hall–Kier alpha value is -1.11. The topological polar surface area (TPSA) is 12.9 Å². The van der Waals surface area contributed by atoms with Crippen molar-refractivity contribution in [1.82, 2.24) is 4.98 Å². The van der Waals surface area contributed by atoms with Crippen LogP contribution in [0.25, 0.3) is 5.57 Å². The zero-order valence-electron chi connectivity index (χ0n) is 10.1. The largest absolute Gasteiger partial charge is 0.264 e. The van der Waals surface area contributed by atoms with Gasteiger partial charge in [-0.2, -0.15) is 0 Å². The summed E-state index contributed by atoms with van der Waals surface area (Å²) in [4.78, 5) is 4.25. The predicted octanol–water partition coefficient (Wildman–Crippen LogP) is 4.37. The number of unbranched alkanes of at least 4 members (excludes halogenated alkanes) is 1. The van der Waals surface area contributed by atoms with Crippen LogP contribution in [0.3, 0.4) is 0 Å². The molecule has 1 aromatic heterocycles. The van der Waals surface area contributed by atoms with Crippen molar-refractivity contribution in [2.24, 2.45) is 0 Å². The van der Waals surface area contributed by atoms with Crippen molar-refractivity contribution in [3.05, 3.63) is 35.7 Å². The zero-order chi connectivity index (χ0) is 11.1. The molecule has 0 unspecified atom stereocenters. The first-order valence-corrected chi connectivity index (χ1v) is 5.89. The zero-order valence-corrected chi connectivity index (χ0v) is 10.1. The van der Waals surface area contributed by atoms with Crippen LogP contribution in [0.1, 0.15) is 50.7 Å². The van der Waals surface area contributed by atoms with E-state index >= 15 is 0 Å². The molecule has 1 heteroatoms. The number of aryl methyl sites for hydroxylation is 1. The molecule has 0 aliphatic carbocycles. The van der Waals surface area contributed by atoms with E-state index in [1.54, 1.807) is 0 Å². The van der Waals surface area contributed by atoms with Gasteiger partial charge in [-0.15, -0.1) is 0 Å². The number of pyridine rings is 1. The molecule has 0 atom stereocenters. The summed E-state index contributed by atoms with van der Waals surface area (Å²) in [5, 5.41) is 0. The summed E-state index contributed by atoms with van der Waals surface area (Å²) in [6, 6.07) is 2.23. The van der Waals surface area contributed by atoms with E-state index in [4.69, 9.17) is 0 Å². The maximum Gasteiger partial charge on any atom is 0.0343 e. The van der Waals surface area contributed by atoms with Crippen molar-refractivity contribution in [2.45, 2.75) is 46.5 Å². The lowest BCUT2D eigenvalue weighted by atomic mass is 10.0. The van der Waals surface area contributed by atoms with E-state index in [1.165, 1.54) is 36.0 Å². The van der Waals surface area contributed by atoms with E-state index in [2.05, 4.69) is 37.9 Å². The summed E-state index contributed by atoms with van der Waals surface area (Å²) < 4.78 is 0. The Morgan fingerprint density at radius 2 is 2.07 bits per heavy atom. The van der Waals surface area contributed by atoms with E-state index in [1.807, 2.05) is 12.4 Å². The fourth-order valence-electron chi connectivity index (χ4n) is 1.68. The van der Waals surface area contributed by atoms with E-state index < -0.39 is 0 Å². The summed E-state index contributed by atoms with van der Waals surface area (Å²) in [6.07, 6.45) is 11.0. The van der Waals surface area contributed by atoms with Crippen molar-refractivity contribution in [3.63, 3.8) is 0 Å².